The van der Waals surface area contributed by atoms with Crippen molar-refractivity contribution >= 4 is 27.9 Å². The molecule has 0 bridgehead atoms. The minimum absolute atomic E-state index is 0.0341. The molecule has 2 aliphatic rings. The van der Waals surface area contributed by atoms with Crippen LogP contribution in [0, 0.1) is 0 Å². The molecule has 0 aromatic heterocycles. The average Bonchev–Trinajstić information content (AvgIpc) is 3.17. The number of rotatable bonds is 6. The number of carbonyl (C=O) groups is 2. The molecule has 0 spiro atoms. The third-order valence-corrected chi connectivity index (χ3v) is 5.70. The molecule has 2 aliphatic heterocycles. The molecule has 2 fully saturated rings. The highest BCUT2D eigenvalue weighted by Crippen LogP contribution is 2.20. The van der Waals surface area contributed by atoms with E-state index in [2.05, 4.69) is 20.8 Å². The Morgan fingerprint density at radius 2 is 1.81 bits per heavy atom. The van der Waals surface area contributed by atoms with Gasteiger partial charge < -0.3 is 14.7 Å². The van der Waals surface area contributed by atoms with Crippen LogP contribution in [0.4, 0.5) is 4.79 Å². The van der Waals surface area contributed by atoms with Crippen LogP contribution in [0.2, 0.25) is 0 Å². The maximum Gasteiger partial charge on any atom is 0.407 e. The third kappa shape index (κ3) is 5.35. The van der Waals surface area contributed by atoms with Crippen molar-refractivity contribution in [1.29, 1.82) is 0 Å². The molecular formula is C19H26BrN3O4. The summed E-state index contributed by atoms with van der Waals surface area (Å²) in [4.78, 5) is 29.3. The minimum Gasteiger partial charge on any atom is -0.494 e. The smallest absolute Gasteiger partial charge is 0.407 e. The lowest BCUT2D eigenvalue weighted by Gasteiger charge is -2.36. The summed E-state index contributed by atoms with van der Waals surface area (Å²) < 4.78 is 6.77. The highest BCUT2D eigenvalue weighted by atomic mass is 79.9. The van der Waals surface area contributed by atoms with E-state index in [1.165, 1.54) is 4.90 Å². The number of nitrogens with zero attached hydrogens (tertiary/aromatic N) is 3. The molecule has 0 unspecified atom stereocenters. The second-order valence-electron chi connectivity index (χ2n) is 6.96. The van der Waals surface area contributed by atoms with Crippen molar-refractivity contribution < 1.29 is 19.4 Å². The van der Waals surface area contributed by atoms with Gasteiger partial charge in [0, 0.05) is 43.7 Å². The summed E-state index contributed by atoms with van der Waals surface area (Å²) >= 11 is 3.40. The second-order valence-corrected chi connectivity index (χ2v) is 7.87. The Kier molecular flexibility index (Phi) is 6.95. The number of halogens is 1. The highest BCUT2D eigenvalue weighted by molar-refractivity contribution is 9.10. The molecule has 0 aliphatic carbocycles. The first-order valence-electron chi connectivity index (χ1n) is 9.43. The molecule has 2 amide bonds. The Labute approximate surface area is 168 Å². The number of benzene rings is 1. The summed E-state index contributed by atoms with van der Waals surface area (Å²) in [5, 5.41) is 9.22. The van der Waals surface area contributed by atoms with Crippen LogP contribution in [0.3, 0.4) is 0 Å². The van der Waals surface area contributed by atoms with Crippen LogP contribution < -0.4 is 4.74 Å². The predicted octanol–water partition coefficient (Wildman–Crippen LogP) is 2.50. The summed E-state index contributed by atoms with van der Waals surface area (Å²) in [6.07, 6.45) is 1.34. The van der Waals surface area contributed by atoms with Crippen LogP contribution in [0.15, 0.2) is 28.7 Å². The summed E-state index contributed by atoms with van der Waals surface area (Å²) in [6, 6.07) is 7.31. The van der Waals surface area contributed by atoms with Gasteiger partial charge in [0.2, 0.25) is 5.91 Å². The van der Waals surface area contributed by atoms with E-state index in [1.807, 2.05) is 29.2 Å². The molecular weight excluding hydrogens is 414 g/mol. The number of amides is 2. The van der Waals surface area contributed by atoms with Gasteiger partial charge in [-0.1, -0.05) is 15.9 Å². The third-order valence-electron chi connectivity index (χ3n) is 5.17. The van der Waals surface area contributed by atoms with Crippen molar-refractivity contribution in [1.82, 2.24) is 14.7 Å². The molecule has 1 aromatic carbocycles. The predicted molar refractivity (Wildman–Crippen MR) is 105 cm³/mol. The van der Waals surface area contributed by atoms with Crippen LogP contribution in [0.1, 0.15) is 19.3 Å². The van der Waals surface area contributed by atoms with Crippen LogP contribution in [-0.4, -0.2) is 83.7 Å². The fourth-order valence-electron chi connectivity index (χ4n) is 3.66. The topological polar surface area (TPSA) is 73.3 Å². The van der Waals surface area contributed by atoms with E-state index in [4.69, 9.17) is 4.74 Å². The first-order valence-corrected chi connectivity index (χ1v) is 10.2. The van der Waals surface area contributed by atoms with Gasteiger partial charge >= 0.3 is 6.09 Å². The van der Waals surface area contributed by atoms with Crippen LogP contribution in [0.5, 0.6) is 5.75 Å². The first-order chi connectivity index (χ1) is 13.0. The number of hydrogen-bond donors (Lipinski definition) is 1. The Morgan fingerprint density at radius 3 is 2.48 bits per heavy atom. The lowest BCUT2D eigenvalue weighted by Crippen LogP contribution is -2.54. The van der Waals surface area contributed by atoms with Gasteiger partial charge in [-0.05, 0) is 43.5 Å². The van der Waals surface area contributed by atoms with Gasteiger partial charge in [0.05, 0.1) is 6.61 Å². The van der Waals surface area contributed by atoms with E-state index < -0.39 is 12.1 Å². The first kappa shape index (κ1) is 19.9. The summed E-state index contributed by atoms with van der Waals surface area (Å²) in [7, 11) is 0. The highest BCUT2D eigenvalue weighted by Gasteiger charge is 2.37. The molecule has 0 radical (unpaired) electrons. The zero-order valence-corrected chi connectivity index (χ0v) is 16.9. The number of hydrogen-bond acceptors (Lipinski definition) is 4. The monoisotopic (exact) mass is 439 g/mol. The Balaban J connectivity index is 1.35. The van der Waals surface area contributed by atoms with E-state index in [0.717, 1.165) is 42.7 Å². The van der Waals surface area contributed by atoms with Crippen LogP contribution in [-0.2, 0) is 4.79 Å². The standard InChI is InChI=1S/C19H26BrN3O4/c20-15-4-6-16(7-5-15)27-14-2-8-21-10-12-22(13-11-21)18(24)17-3-1-9-23(17)19(25)26/h4-7,17H,1-3,8-14H2,(H,25,26)/t17-/m0/s1. The van der Waals surface area contributed by atoms with Gasteiger partial charge in [0.25, 0.3) is 0 Å². The van der Waals surface area contributed by atoms with Crippen molar-refractivity contribution in [2.75, 3.05) is 45.9 Å². The molecule has 2 heterocycles. The molecule has 3 rings (SSSR count). The number of piperazine rings is 1. The molecule has 1 aromatic rings. The van der Waals surface area contributed by atoms with Gasteiger partial charge in [0.1, 0.15) is 11.8 Å². The molecule has 1 atom stereocenters. The fourth-order valence-corrected chi connectivity index (χ4v) is 3.93. The number of carbonyl (C=O) groups excluding carboxylic acids is 1. The van der Waals surface area contributed by atoms with Gasteiger partial charge in [-0.15, -0.1) is 0 Å². The van der Waals surface area contributed by atoms with Crippen molar-refractivity contribution in [3.05, 3.63) is 28.7 Å². The van der Waals surface area contributed by atoms with Gasteiger partial charge in [-0.25, -0.2) is 4.79 Å². The Bertz CT molecular complexity index is 647. The van der Waals surface area contributed by atoms with Crippen LogP contribution >= 0.6 is 15.9 Å². The zero-order chi connectivity index (χ0) is 19.2. The van der Waals surface area contributed by atoms with Gasteiger partial charge in [0.15, 0.2) is 0 Å². The largest absolute Gasteiger partial charge is 0.494 e. The fraction of sp³-hybridized carbons (Fsp3) is 0.579. The Morgan fingerprint density at radius 1 is 1.11 bits per heavy atom. The molecule has 148 valence electrons. The normalized spacial score (nSPS) is 20.7. The van der Waals surface area contributed by atoms with E-state index >= 15 is 0 Å². The van der Waals surface area contributed by atoms with Crippen LogP contribution in [0.25, 0.3) is 0 Å². The second kappa shape index (κ2) is 9.41. The zero-order valence-electron chi connectivity index (χ0n) is 15.3. The maximum absolute atomic E-state index is 12.6. The van der Waals surface area contributed by atoms with Crippen molar-refractivity contribution in [2.24, 2.45) is 0 Å². The maximum atomic E-state index is 12.6. The number of ether oxygens (including phenoxy) is 1. The number of carboxylic acid groups (broad SMARTS) is 1. The molecule has 0 saturated carbocycles. The molecule has 1 N–H and O–H groups in total. The van der Waals surface area contributed by atoms with Crippen molar-refractivity contribution in [2.45, 2.75) is 25.3 Å². The van der Waals surface area contributed by atoms with Gasteiger partial charge in [-0.2, -0.15) is 0 Å². The molecule has 27 heavy (non-hydrogen) atoms. The lowest BCUT2D eigenvalue weighted by molar-refractivity contribution is -0.137. The molecule has 8 heteroatoms. The summed E-state index contributed by atoms with van der Waals surface area (Å²) in [5.74, 6) is 0.835. The molecule has 2 saturated heterocycles. The van der Waals surface area contributed by atoms with Gasteiger partial charge in [-0.3, -0.25) is 14.6 Å². The SMILES string of the molecule is O=C([C@@H]1CCCN1C(=O)O)N1CCN(CCCOc2ccc(Br)cc2)CC1. The quantitative estimate of drug-likeness (QED) is 0.689. The van der Waals surface area contributed by atoms with E-state index in [9.17, 15) is 14.7 Å². The van der Waals surface area contributed by atoms with E-state index in [-0.39, 0.29) is 5.91 Å². The molecule has 7 nitrogen and oxygen atoms in total. The summed E-state index contributed by atoms with van der Waals surface area (Å²) in [5.41, 5.74) is 0. The van der Waals surface area contributed by atoms with E-state index in [1.54, 1.807) is 0 Å². The number of likely N-dealkylation sites (tertiary alicyclic amines) is 1. The van der Waals surface area contributed by atoms with Crippen molar-refractivity contribution in [3.63, 3.8) is 0 Å². The Hall–Kier alpha value is -1.80. The minimum atomic E-state index is -0.991. The van der Waals surface area contributed by atoms with E-state index in [0.29, 0.717) is 32.7 Å². The summed E-state index contributed by atoms with van der Waals surface area (Å²) in [6.45, 7) is 5.03. The van der Waals surface area contributed by atoms with Crippen molar-refractivity contribution in [3.8, 4) is 5.75 Å². The average molecular weight is 440 g/mol. The lowest BCUT2D eigenvalue weighted by atomic mass is 10.1.